The van der Waals surface area contributed by atoms with Crippen molar-refractivity contribution in [1.82, 2.24) is 14.8 Å². The highest BCUT2D eigenvalue weighted by atomic mass is 32.2. The number of carbonyl (C=O) groups is 1. The molecule has 0 bridgehead atoms. The average molecular weight is 396 g/mol. The lowest BCUT2D eigenvalue weighted by Gasteiger charge is -2.15. The van der Waals surface area contributed by atoms with Crippen LogP contribution in [0.3, 0.4) is 0 Å². The van der Waals surface area contributed by atoms with Gasteiger partial charge in [0.15, 0.2) is 5.16 Å². The van der Waals surface area contributed by atoms with Crippen molar-refractivity contribution >= 4 is 23.4 Å². The maximum absolute atomic E-state index is 13.2. The van der Waals surface area contributed by atoms with E-state index >= 15 is 0 Å². The third kappa shape index (κ3) is 4.09. The molecule has 0 spiro atoms. The van der Waals surface area contributed by atoms with Crippen LogP contribution in [0.4, 0.5) is 10.1 Å². The molecule has 1 unspecified atom stereocenters. The quantitative estimate of drug-likeness (QED) is 0.589. The molecule has 28 heavy (non-hydrogen) atoms. The Hall–Kier alpha value is -2.67. The van der Waals surface area contributed by atoms with Crippen molar-refractivity contribution in [1.29, 1.82) is 0 Å². The van der Waals surface area contributed by atoms with E-state index in [4.69, 9.17) is 0 Å². The van der Waals surface area contributed by atoms with Crippen LogP contribution in [0.5, 0.6) is 0 Å². The molecule has 0 saturated heterocycles. The van der Waals surface area contributed by atoms with E-state index in [9.17, 15) is 9.18 Å². The number of hydrogen-bond donors (Lipinski definition) is 1. The molecule has 1 saturated carbocycles. The van der Waals surface area contributed by atoms with Crippen molar-refractivity contribution in [3.05, 3.63) is 65.7 Å². The first-order chi connectivity index (χ1) is 13.5. The Morgan fingerprint density at radius 2 is 1.96 bits per heavy atom. The van der Waals surface area contributed by atoms with Crippen molar-refractivity contribution in [2.75, 3.05) is 5.32 Å². The van der Waals surface area contributed by atoms with E-state index in [0.29, 0.717) is 5.92 Å². The van der Waals surface area contributed by atoms with E-state index in [1.165, 1.54) is 19.1 Å². The summed E-state index contributed by atoms with van der Waals surface area (Å²) in [5.74, 6) is 1.03. The number of anilines is 1. The number of nitrogens with zero attached hydrogens (tertiary/aromatic N) is 3. The number of nitrogens with one attached hydrogen (secondary N) is 1. The summed E-state index contributed by atoms with van der Waals surface area (Å²) in [5, 5.41) is 12.6. The monoisotopic (exact) mass is 396 g/mol. The molecule has 1 amide bonds. The Bertz CT molecular complexity index is 998. The van der Waals surface area contributed by atoms with Crippen molar-refractivity contribution in [3.8, 4) is 5.69 Å². The van der Waals surface area contributed by atoms with E-state index in [1.807, 2.05) is 24.3 Å². The number of rotatable bonds is 6. The second-order valence-corrected chi connectivity index (χ2v) is 8.30. The lowest BCUT2D eigenvalue weighted by molar-refractivity contribution is -0.114. The maximum atomic E-state index is 13.2. The van der Waals surface area contributed by atoms with E-state index in [-0.39, 0.29) is 17.0 Å². The van der Waals surface area contributed by atoms with Crippen LogP contribution in [-0.2, 0) is 4.79 Å². The summed E-state index contributed by atoms with van der Waals surface area (Å²) < 4.78 is 15.3. The van der Waals surface area contributed by atoms with Gasteiger partial charge in [0.05, 0.1) is 5.69 Å². The van der Waals surface area contributed by atoms with Crippen LogP contribution < -0.4 is 5.32 Å². The summed E-state index contributed by atoms with van der Waals surface area (Å²) in [5.41, 5.74) is 2.69. The Labute approximate surface area is 167 Å². The first-order valence-corrected chi connectivity index (χ1v) is 10.1. The molecule has 1 heterocycles. The third-order valence-corrected chi connectivity index (χ3v) is 5.75. The molecule has 1 fully saturated rings. The van der Waals surface area contributed by atoms with Crippen LogP contribution in [0.1, 0.15) is 49.2 Å². The molecule has 144 valence electrons. The van der Waals surface area contributed by atoms with Gasteiger partial charge in [-0.15, -0.1) is 10.2 Å². The van der Waals surface area contributed by atoms with Crippen LogP contribution in [0.2, 0.25) is 0 Å². The van der Waals surface area contributed by atoms with Crippen molar-refractivity contribution in [3.63, 3.8) is 0 Å². The normalized spacial score (nSPS) is 14.7. The van der Waals surface area contributed by atoms with Crippen molar-refractivity contribution in [2.45, 2.75) is 43.0 Å². The minimum Gasteiger partial charge on any atom is -0.326 e. The Kier molecular flexibility index (Phi) is 5.17. The molecular formula is C21H21FN4OS. The largest absolute Gasteiger partial charge is 0.326 e. The molecule has 5 nitrogen and oxygen atoms in total. The number of thioether (sulfide) groups is 1. The van der Waals surface area contributed by atoms with Gasteiger partial charge in [-0.1, -0.05) is 30.0 Å². The van der Waals surface area contributed by atoms with Gasteiger partial charge in [0.2, 0.25) is 5.91 Å². The van der Waals surface area contributed by atoms with Crippen LogP contribution in [0, 0.1) is 5.82 Å². The molecule has 1 aliphatic rings. The topological polar surface area (TPSA) is 59.8 Å². The highest BCUT2D eigenvalue weighted by Crippen LogP contribution is 2.43. The SMILES string of the molecule is CC(=O)Nc1cccc(-n2c(SC(C)c3ccc(F)cc3)nnc2C2CC2)c1. The highest BCUT2D eigenvalue weighted by molar-refractivity contribution is 7.99. The first kappa shape index (κ1) is 18.7. The summed E-state index contributed by atoms with van der Waals surface area (Å²) in [6, 6.07) is 14.2. The van der Waals surface area contributed by atoms with Crippen LogP contribution >= 0.6 is 11.8 Å². The Balaban J connectivity index is 1.67. The molecule has 1 N–H and O–H groups in total. The summed E-state index contributed by atoms with van der Waals surface area (Å²) in [6.07, 6.45) is 2.23. The predicted octanol–water partition coefficient (Wildman–Crippen LogP) is 5.10. The fraction of sp³-hybridized carbons (Fsp3) is 0.286. The fourth-order valence-electron chi connectivity index (χ4n) is 3.09. The van der Waals surface area contributed by atoms with E-state index < -0.39 is 0 Å². The van der Waals surface area contributed by atoms with Gasteiger partial charge < -0.3 is 5.32 Å². The first-order valence-electron chi connectivity index (χ1n) is 9.26. The minimum atomic E-state index is -0.241. The zero-order chi connectivity index (χ0) is 19.7. The zero-order valence-corrected chi connectivity index (χ0v) is 16.5. The van der Waals surface area contributed by atoms with Gasteiger partial charge in [-0.2, -0.15) is 0 Å². The lowest BCUT2D eigenvalue weighted by Crippen LogP contribution is -2.07. The number of benzene rings is 2. The molecule has 3 aromatic rings. The van der Waals surface area contributed by atoms with Gasteiger partial charge in [0, 0.05) is 23.8 Å². The molecule has 1 aromatic heterocycles. The van der Waals surface area contributed by atoms with Gasteiger partial charge in [-0.3, -0.25) is 9.36 Å². The number of halogens is 1. The summed E-state index contributed by atoms with van der Waals surface area (Å²) >= 11 is 1.59. The second kappa shape index (κ2) is 7.75. The molecule has 7 heteroatoms. The molecule has 1 atom stereocenters. The van der Waals surface area contributed by atoms with E-state index in [2.05, 4.69) is 27.0 Å². The highest BCUT2D eigenvalue weighted by Gasteiger charge is 2.31. The summed E-state index contributed by atoms with van der Waals surface area (Å²) in [6.45, 7) is 3.56. The van der Waals surface area contributed by atoms with Crippen LogP contribution in [-0.4, -0.2) is 20.7 Å². The maximum Gasteiger partial charge on any atom is 0.221 e. The molecule has 1 aliphatic carbocycles. The molecule has 4 rings (SSSR count). The van der Waals surface area contributed by atoms with E-state index in [1.54, 1.807) is 23.9 Å². The second-order valence-electron chi connectivity index (χ2n) is 6.99. The van der Waals surface area contributed by atoms with E-state index in [0.717, 1.165) is 40.8 Å². The summed E-state index contributed by atoms with van der Waals surface area (Å²) in [4.78, 5) is 11.4. The standard InChI is InChI=1S/C21H21FN4OS/c1-13(15-8-10-17(22)11-9-15)28-21-25-24-20(16-6-7-16)26(21)19-5-3-4-18(12-19)23-14(2)27/h3-5,8-13,16H,6-7H2,1-2H3,(H,23,27). The van der Waals surface area contributed by atoms with Gasteiger partial charge in [-0.25, -0.2) is 4.39 Å². The number of carbonyl (C=O) groups excluding carboxylic acids is 1. The number of hydrogen-bond acceptors (Lipinski definition) is 4. The fourth-order valence-corrected chi connectivity index (χ4v) is 4.09. The Morgan fingerprint density at radius 3 is 2.64 bits per heavy atom. The van der Waals surface area contributed by atoms with Gasteiger partial charge in [0.25, 0.3) is 0 Å². The molecule has 0 aliphatic heterocycles. The number of aromatic nitrogens is 3. The molecular weight excluding hydrogens is 375 g/mol. The summed E-state index contributed by atoms with van der Waals surface area (Å²) in [7, 11) is 0. The molecule has 0 radical (unpaired) electrons. The predicted molar refractivity (Wildman–Crippen MR) is 108 cm³/mol. The Morgan fingerprint density at radius 1 is 1.21 bits per heavy atom. The van der Waals surface area contributed by atoms with Crippen LogP contribution in [0.15, 0.2) is 53.7 Å². The lowest BCUT2D eigenvalue weighted by atomic mass is 10.2. The van der Waals surface area contributed by atoms with Gasteiger partial charge in [-0.05, 0) is 55.7 Å². The zero-order valence-electron chi connectivity index (χ0n) is 15.7. The number of amides is 1. The average Bonchev–Trinajstić information content (AvgIpc) is 3.42. The third-order valence-electron chi connectivity index (χ3n) is 4.65. The van der Waals surface area contributed by atoms with Gasteiger partial charge >= 0.3 is 0 Å². The van der Waals surface area contributed by atoms with Gasteiger partial charge in [0.1, 0.15) is 11.6 Å². The minimum absolute atomic E-state index is 0.0918. The van der Waals surface area contributed by atoms with Crippen molar-refractivity contribution in [2.24, 2.45) is 0 Å². The smallest absolute Gasteiger partial charge is 0.221 e. The van der Waals surface area contributed by atoms with Crippen molar-refractivity contribution < 1.29 is 9.18 Å². The van der Waals surface area contributed by atoms with Crippen LogP contribution in [0.25, 0.3) is 5.69 Å². The molecule has 2 aromatic carbocycles.